The van der Waals surface area contributed by atoms with Gasteiger partial charge in [0, 0.05) is 18.5 Å². The molecule has 0 atom stereocenters. The number of rotatable bonds is 5. The monoisotopic (exact) mass is 432 g/mol. The first-order valence-corrected chi connectivity index (χ1v) is 10.9. The molecule has 2 aromatic carbocycles. The predicted octanol–water partition coefficient (Wildman–Crippen LogP) is 5.16. The van der Waals surface area contributed by atoms with E-state index in [9.17, 15) is 4.79 Å². The SMILES string of the molecule is COc1ccc2sc(N(Cc3cccnc3)C(=O)c3nc4ccccc4s3)nc2c1. The van der Waals surface area contributed by atoms with Gasteiger partial charge in [-0.15, -0.1) is 11.3 Å². The molecule has 1 amide bonds. The molecule has 8 heteroatoms. The zero-order chi connectivity index (χ0) is 20.5. The van der Waals surface area contributed by atoms with Crippen LogP contribution in [0.4, 0.5) is 5.13 Å². The molecule has 0 aliphatic rings. The highest BCUT2D eigenvalue weighted by molar-refractivity contribution is 7.22. The number of thiazole rings is 2. The van der Waals surface area contributed by atoms with Crippen LogP contribution in [-0.4, -0.2) is 28.0 Å². The third kappa shape index (κ3) is 3.51. The van der Waals surface area contributed by atoms with Crippen LogP contribution in [0, 0.1) is 0 Å². The maximum Gasteiger partial charge on any atom is 0.289 e. The summed E-state index contributed by atoms with van der Waals surface area (Å²) >= 11 is 2.86. The summed E-state index contributed by atoms with van der Waals surface area (Å²) in [5.41, 5.74) is 2.53. The van der Waals surface area contributed by atoms with E-state index in [1.807, 2.05) is 54.6 Å². The molecule has 3 heterocycles. The third-order valence-corrected chi connectivity index (χ3v) is 6.68. The van der Waals surface area contributed by atoms with Gasteiger partial charge in [-0.25, -0.2) is 9.97 Å². The molecule has 3 aromatic heterocycles. The maximum absolute atomic E-state index is 13.5. The number of fused-ring (bicyclic) bond motifs is 2. The molecule has 148 valence electrons. The van der Waals surface area contributed by atoms with E-state index in [2.05, 4.69) is 9.97 Å². The molecular weight excluding hydrogens is 416 g/mol. The lowest BCUT2D eigenvalue weighted by atomic mass is 10.2. The highest BCUT2D eigenvalue weighted by Gasteiger charge is 2.25. The van der Waals surface area contributed by atoms with Crippen molar-refractivity contribution >= 4 is 54.1 Å². The van der Waals surface area contributed by atoms with Crippen LogP contribution in [0.3, 0.4) is 0 Å². The standard InChI is InChI=1S/C22H16N4O2S2/c1-28-15-8-9-19-17(11-15)25-22(30-19)26(13-14-5-4-10-23-12-14)21(27)20-24-16-6-2-3-7-18(16)29-20/h2-12H,13H2,1H3. The van der Waals surface area contributed by atoms with Gasteiger partial charge in [0.25, 0.3) is 5.91 Å². The number of anilines is 1. The molecule has 0 aliphatic heterocycles. The lowest BCUT2D eigenvalue weighted by Gasteiger charge is -2.18. The first kappa shape index (κ1) is 18.7. The van der Waals surface area contributed by atoms with Gasteiger partial charge in [-0.1, -0.05) is 29.5 Å². The Kier molecular flexibility index (Phi) is 4.86. The molecule has 5 aromatic rings. The van der Waals surface area contributed by atoms with E-state index in [0.29, 0.717) is 16.7 Å². The van der Waals surface area contributed by atoms with Gasteiger partial charge in [0.2, 0.25) is 0 Å². The van der Waals surface area contributed by atoms with Crippen molar-refractivity contribution in [1.29, 1.82) is 0 Å². The number of pyridine rings is 1. The second-order valence-corrected chi connectivity index (χ2v) is 8.61. The molecule has 0 radical (unpaired) electrons. The van der Waals surface area contributed by atoms with Crippen molar-refractivity contribution in [2.75, 3.05) is 12.0 Å². The van der Waals surface area contributed by atoms with Crippen LogP contribution in [0.1, 0.15) is 15.4 Å². The Labute approximate surface area is 180 Å². The minimum absolute atomic E-state index is 0.175. The molecule has 0 N–H and O–H groups in total. The summed E-state index contributed by atoms with van der Waals surface area (Å²) < 4.78 is 7.27. The Hall–Kier alpha value is -3.36. The maximum atomic E-state index is 13.5. The number of carbonyl (C=O) groups excluding carboxylic acids is 1. The Morgan fingerprint density at radius 1 is 1.00 bits per heavy atom. The van der Waals surface area contributed by atoms with E-state index in [1.54, 1.807) is 24.4 Å². The first-order valence-electron chi connectivity index (χ1n) is 9.22. The number of aromatic nitrogens is 3. The van der Waals surface area contributed by atoms with Crippen LogP contribution in [0.25, 0.3) is 20.4 Å². The number of nitrogens with zero attached hydrogens (tertiary/aromatic N) is 4. The van der Waals surface area contributed by atoms with E-state index in [1.165, 1.54) is 22.7 Å². The molecule has 0 spiro atoms. The van der Waals surface area contributed by atoms with Crippen molar-refractivity contribution in [2.24, 2.45) is 0 Å². The summed E-state index contributed by atoms with van der Waals surface area (Å²) in [5, 5.41) is 1.06. The average Bonchev–Trinajstić information content (AvgIpc) is 3.41. The van der Waals surface area contributed by atoms with Crippen LogP contribution < -0.4 is 9.64 Å². The van der Waals surface area contributed by atoms with E-state index >= 15 is 0 Å². The Bertz CT molecular complexity index is 1310. The summed E-state index contributed by atoms with van der Waals surface area (Å²) in [6.45, 7) is 0.361. The zero-order valence-corrected chi connectivity index (χ0v) is 17.6. The zero-order valence-electron chi connectivity index (χ0n) is 16.0. The van der Waals surface area contributed by atoms with Gasteiger partial charge < -0.3 is 4.74 Å². The Balaban J connectivity index is 1.58. The highest BCUT2D eigenvalue weighted by Crippen LogP contribution is 2.33. The fourth-order valence-electron chi connectivity index (χ4n) is 3.12. The Morgan fingerprint density at radius 2 is 1.87 bits per heavy atom. The first-order chi connectivity index (χ1) is 14.7. The normalized spacial score (nSPS) is 11.1. The Morgan fingerprint density at radius 3 is 2.67 bits per heavy atom. The number of para-hydroxylation sites is 1. The minimum Gasteiger partial charge on any atom is -0.497 e. The molecule has 0 aliphatic carbocycles. The summed E-state index contributed by atoms with van der Waals surface area (Å²) in [7, 11) is 1.62. The van der Waals surface area contributed by atoms with Crippen molar-refractivity contribution in [2.45, 2.75) is 6.54 Å². The van der Waals surface area contributed by atoms with Crippen molar-refractivity contribution in [3.8, 4) is 5.75 Å². The number of hydrogen-bond donors (Lipinski definition) is 0. The van der Waals surface area contributed by atoms with E-state index in [-0.39, 0.29) is 5.91 Å². The summed E-state index contributed by atoms with van der Waals surface area (Å²) in [6, 6.07) is 17.3. The van der Waals surface area contributed by atoms with E-state index in [4.69, 9.17) is 9.72 Å². The van der Waals surface area contributed by atoms with Crippen LogP contribution in [-0.2, 0) is 6.54 Å². The van der Waals surface area contributed by atoms with Crippen molar-refractivity contribution in [1.82, 2.24) is 15.0 Å². The largest absolute Gasteiger partial charge is 0.497 e. The average molecular weight is 433 g/mol. The molecule has 0 saturated carbocycles. The van der Waals surface area contributed by atoms with Gasteiger partial charge in [-0.2, -0.15) is 0 Å². The van der Waals surface area contributed by atoms with E-state index < -0.39 is 0 Å². The van der Waals surface area contributed by atoms with Crippen LogP contribution in [0.15, 0.2) is 67.0 Å². The fourth-order valence-corrected chi connectivity index (χ4v) is 4.98. The molecule has 30 heavy (non-hydrogen) atoms. The number of amides is 1. The number of hydrogen-bond acceptors (Lipinski definition) is 7. The number of benzene rings is 2. The smallest absolute Gasteiger partial charge is 0.289 e. The quantitative estimate of drug-likeness (QED) is 0.384. The molecule has 0 saturated heterocycles. The van der Waals surface area contributed by atoms with Crippen LogP contribution in [0.5, 0.6) is 5.75 Å². The van der Waals surface area contributed by atoms with Crippen molar-refractivity contribution in [3.63, 3.8) is 0 Å². The van der Waals surface area contributed by atoms with Gasteiger partial charge in [-0.05, 0) is 35.9 Å². The topological polar surface area (TPSA) is 68.2 Å². The minimum atomic E-state index is -0.175. The molecule has 5 rings (SSSR count). The lowest BCUT2D eigenvalue weighted by Crippen LogP contribution is -2.30. The molecule has 6 nitrogen and oxygen atoms in total. The van der Waals surface area contributed by atoms with E-state index in [0.717, 1.165) is 31.7 Å². The summed E-state index contributed by atoms with van der Waals surface area (Å²) in [5.74, 6) is 0.557. The molecule has 0 fully saturated rings. The fraction of sp³-hybridized carbons (Fsp3) is 0.0909. The van der Waals surface area contributed by atoms with Crippen LogP contribution in [0.2, 0.25) is 0 Å². The number of ether oxygens (including phenoxy) is 1. The third-order valence-electron chi connectivity index (χ3n) is 4.60. The van der Waals surface area contributed by atoms with Gasteiger partial charge in [0.15, 0.2) is 10.1 Å². The summed E-state index contributed by atoms with van der Waals surface area (Å²) in [4.78, 5) is 28.6. The lowest BCUT2D eigenvalue weighted by molar-refractivity contribution is 0.0985. The van der Waals surface area contributed by atoms with Gasteiger partial charge in [-0.3, -0.25) is 14.7 Å². The number of carbonyl (C=O) groups is 1. The van der Waals surface area contributed by atoms with Gasteiger partial charge >= 0.3 is 0 Å². The van der Waals surface area contributed by atoms with Gasteiger partial charge in [0.1, 0.15) is 5.75 Å². The van der Waals surface area contributed by atoms with Crippen molar-refractivity contribution in [3.05, 3.63) is 77.6 Å². The predicted molar refractivity (Wildman–Crippen MR) is 121 cm³/mol. The second kappa shape index (κ2) is 7.81. The van der Waals surface area contributed by atoms with Crippen LogP contribution >= 0.6 is 22.7 Å². The van der Waals surface area contributed by atoms with Gasteiger partial charge in [0.05, 0.1) is 34.1 Å². The van der Waals surface area contributed by atoms with Crippen molar-refractivity contribution < 1.29 is 9.53 Å². The second-order valence-electron chi connectivity index (χ2n) is 6.57. The highest BCUT2D eigenvalue weighted by atomic mass is 32.1. The number of methoxy groups -OCH3 is 1. The molecular formula is C22H16N4O2S2. The molecule has 0 unspecified atom stereocenters. The molecule has 0 bridgehead atoms. The summed E-state index contributed by atoms with van der Waals surface area (Å²) in [6.07, 6.45) is 3.47.